The minimum atomic E-state index is -1.03. The van der Waals surface area contributed by atoms with Gasteiger partial charge in [0, 0.05) is 11.8 Å². The Hall–Kier alpha value is -2.43. The minimum Gasteiger partial charge on any atom is -0.478 e. The smallest absolute Gasteiger partial charge is 0.339 e. The lowest BCUT2D eigenvalue weighted by Gasteiger charge is -2.09. The monoisotopic (exact) mass is 258 g/mol. The maximum absolute atomic E-state index is 11.1. The van der Waals surface area contributed by atoms with E-state index >= 15 is 0 Å². The van der Waals surface area contributed by atoms with Crippen LogP contribution >= 0.6 is 0 Å². The van der Waals surface area contributed by atoms with Crippen LogP contribution in [0.2, 0.25) is 0 Å². The summed E-state index contributed by atoms with van der Waals surface area (Å²) < 4.78 is 5.56. The Labute approximate surface area is 110 Å². The molecule has 0 fully saturated rings. The summed E-state index contributed by atoms with van der Waals surface area (Å²) in [7, 11) is 0. The molecular formula is C14H14N2O3. The van der Waals surface area contributed by atoms with Crippen LogP contribution in [0.4, 0.5) is 0 Å². The van der Waals surface area contributed by atoms with Gasteiger partial charge in [-0.05, 0) is 31.0 Å². The van der Waals surface area contributed by atoms with Crippen LogP contribution in [-0.4, -0.2) is 21.0 Å². The van der Waals surface area contributed by atoms with Crippen LogP contribution in [0.1, 0.15) is 28.5 Å². The molecule has 1 aromatic carbocycles. The van der Waals surface area contributed by atoms with Crippen molar-refractivity contribution >= 4 is 5.97 Å². The number of carbonyl (C=O) groups is 1. The number of carboxylic acids is 1. The molecule has 0 unspecified atom stereocenters. The van der Waals surface area contributed by atoms with Gasteiger partial charge in [-0.2, -0.15) is 0 Å². The predicted octanol–water partition coefficient (Wildman–Crippen LogP) is 2.84. The molecule has 0 spiro atoms. The fourth-order valence-electron chi connectivity index (χ4n) is 1.63. The van der Waals surface area contributed by atoms with Gasteiger partial charge in [0.25, 0.3) is 0 Å². The molecule has 0 aliphatic carbocycles. The highest BCUT2D eigenvalue weighted by Crippen LogP contribution is 2.25. The van der Waals surface area contributed by atoms with E-state index in [0.29, 0.717) is 5.88 Å². The molecule has 0 aliphatic heterocycles. The SMILES string of the molecule is CCc1cc(Oc2cc(C)ccc2C(=O)O)ncn1. The van der Waals surface area contributed by atoms with Crippen LogP contribution in [0, 0.1) is 6.92 Å². The first-order valence-corrected chi connectivity index (χ1v) is 5.93. The Bertz CT molecular complexity index is 611. The molecule has 0 atom stereocenters. The fourth-order valence-corrected chi connectivity index (χ4v) is 1.63. The van der Waals surface area contributed by atoms with Crippen molar-refractivity contribution in [2.75, 3.05) is 0 Å². The summed E-state index contributed by atoms with van der Waals surface area (Å²) in [5.41, 5.74) is 1.88. The van der Waals surface area contributed by atoms with E-state index < -0.39 is 5.97 Å². The Morgan fingerprint density at radius 2 is 2.11 bits per heavy atom. The quantitative estimate of drug-likeness (QED) is 0.912. The van der Waals surface area contributed by atoms with Gasteiger partial charge in [-0.1, -0.05) is 13.0 Å². The standard InChI is InChI=1S/C14H14N2O3/c1-3-10-7-13(16-8-15-10)19-12-6-9(2)4-5-11(12)14(17)18/h4-8H,3H2,1-2H3,(H,17,18). The van der Waals surface area contributed by atoms with E-state index in [1.54, 1.807) is 18.2 Å². The van der Waals surface area contributed by atoms with Crippen molar-refractivity contribution in [1.82, 2.24) is 9.97 Å². The van der Waals surface area contributed by atoms with Crippen molar-refractivity contribution in [1.29, 1.82) is 0 Å². The predicted molar refractivity (Wildman–Crippen MR) is 69.6 cm³/mol. The summed E-state index contributed by atoms with van der Waals surface area (Å²) in [4.78, 5) is 19.2. The lowest BCUT2D eigenvalue weighted by atomic mass is 10.1. The Morgan fingerprint density at radius 1 is 1.32 bits per heavy atom. The molecule has 0 radical (unpaired) electrons. The maximum atomic E-state index is 11.1. The number of ether oxygens (including phenoxy) is 1. The van der Waals surface area contributed by atoms with E-state index in [1.165, 1.54) is 12.4 Å². The summed E-state index contributed by atoms with van der Waals surface area (Å²) in [5, 5.41) is 9.12. The number of hydrogen-bond acceptors (Lipinski definition) is 4. The zero-order chi connectivity index (χ0) is 13.8. The zero-order valence-electron chi connectivity index (χ0n) is 10.8. The van der Waals surface area contributed by atoms with Crippen molar-refractivity contribution < 1.29 is 14.6 Å². The Morgan fingerprint density at radius 3 is 2.79 bits per heavy atom. The number of rotatable bonds is 4. The average molecular weight is 258 g/mol. The molecule has 2 aromatic rings. The molecule has 1 aromatic heterocycles. The molecule has 5 nitrogen and oxygen atoms in total. The Kier molecular flexibility index (Phi) is 3.75. The summed E-state index contributed by atoms with van der Waals surface area (Å²) in [6, 6.07) is 6.63. The van der Waals surface area contributed by atoms with Crippen LogP contribution in [0.5, 0.6) is 11.6 Å². The van der Waals surface area contributed by atoms with Crippen molar-refractivity contribution in [3.63, 3.8) is 0 Å². The molecule has 98 valence electrons. The molecule has 5 heteroatoms. The molecule has 0 amide bonds. The number of aryl methyl sites for hydroxylation is 2. The third kappa shape index (κ3) is 3.07. The van der Waals surface area contributed by atoms with Gasteiger partial charge in [-0.15, -0.1) is 0 Å². The van der Waals surface area contributed by atoms with Crippen molar-refractivity contribution in [3.05, 3.63) is 47.4 Å². The van der Waals surface area contributed by atoms with Gasteiger partial charge in [0.2, 0.25) is 5.88 Å². The average Bonchev–Trinajstić information content (AvgIpc) is 2.38. The molecule has 0 aliphatic rings. The second kappa shape index (κ2) is 5.48. The van der Waals surface area contributed by atoms with Gasteiger partial charge in [0.1, 0.15) is 17.6 Å². The van der Waals surface area contributed by atoms with Gasteiger partial charge >= 0.3 is 5.97 Å². The fraction of sp³-hybridized carbons (Fsp3) is 0.214. The largest absolute Gasteiger partial charge is 0.478 e. The maximum Gasteiger partial charge on any atom is 0.339 e. The third-order valence-corrected chi connectivity index (χ3v) is 2.64. The van der Waals surface area contributed by atoms with Crippen molar-refractivity contribution in [3.8, 4) is 11.6 Å². The first-order chi connectivity index (χ1) is 9.10. The van der Waals surface area contributed by atoms with Gasteiger partial charge in [-0.25, -0.2) is 14.8 Å². The van der Waals surface area contributed by atoms with Crippen LogP contribution in [0.15, 0.2) is 30.6 Å². The van der Waals surface area contributed by atoms with E-state index in [1.807, 2.05) is 13.8 Å². The van der Waals surface area contributed by atoms with Crippen LogP contribution in [-0.2, 0) is 6.42 Å². The highest BCUT2D eigenvalue weighted by atomic mass is 16.5. The molecule has 0 saturated carbocycles. The number of hydrogen-bond donors (Lipinski definition) is 1. The first kappa shape index (κ1) is 13.0. The molecule has 1 N–H and O–H groups in total. The number of aromatic nitrogens is 2. The topological polar surface area (TPSA) is 72.3 Å². The van der Waals surface area contributed by atoms with Crippen LogP contribution in [0.3, 0.4) is 0 Å². The molecule has 2 rings (SSSR count). The third-order valence-electron chi connectivity index (χ3n) is 2.64. The molecular weight excluding hydrogens is 244 g/mol. The lowest BCUT2D eigenvalue weighted by Crippen LogP contribution is -2.01. The van der Waals surface area contributed by atoms with Gasteiger partial charge < -0.3 is 9.84 Å². The molecule has 0 saturated heterocycles. The van der Waals surface area contributed by atoms with E-state index in [9.17, 15) is 4.79 Å². The minimum absolute atomic E-state index is 0.113. The van der Waals surface area contributed by atoms with E-state index in [4.69, 9.17) is 9.84 Å². The number of carboxylic acid groups (broad SMARTS) is 1. The highest BCUT2D eigenvalue weighted by molar-refractivity contribution is 5.91. The zero-order valence-corrected chi connectivity index (χ0v) is 10.8. The Balaban J connectivity index is 2.36. The van der Waals surface area contributed by atoms with E-state index in [0.717, 1.165) is 17.7 Å². The van der Waals surface area contributed by atoms with E-state index in [2.05, 4.69) is 9.97 Å². The number of benzene rings is 1. The van der Waals surface area contributed by atoms with Crippen LogP contribution < -0.4 is 4.74 Å². The second-order valence-corrected chi connectivity index (χ2v) is 4.11. The molecule has 0 bridgehead atoms. The van der Waals surface area contributed by atoms with Crippen LogP contribution in [0.25, 0.3) is 0 Å². The second-order valence-electron chi connectivity index (χ2n) is 4.11. The van der Waals surface area contributed by atoms with Crippen molar-refractivity contribution in [2.45, 2.75) is 20.3 Å². The number of nitrogens with zero attached hydrogens (tertiary/aromatic N) is 2. The summed E-state index contributed by atoms with van der Waals surface area (Å²) >= 11 is 0. The van der Waals surface area contributed by atoms with Gasteiger partial charge in [0.05, 0.1) is 0 Å². The van der Waals surface area contributed by atoms with Crippen molar-refractivity contribution in [2.24, 2.45) is 0 Å². The summed E-state index contributed by atoms with van der Waals surface area (Å²) in [6.07, 6.45) is 2.17. The first-order valence-electron chi connectivity index (χ1n) is 5.93. The number of aromatic carboxylic acids is 1. The molecule has 1 heterocycles. The normalized spacial score (nSPS) is 10.2. The van der Waals surface area contributed by atoms with Gasteiger partial charge in [0.15, 0.2) is 0 Å². The summed E-state index contributed by atoms with van der Waals surface area (Å²) in [6.45, 7) is 3.84. The van der Waals surface area contributed by atoms with E-state index in [-0.39, 0.29) is 11.3 Å². The van der Waals surface area contributed by atoms with Gasteiger partial charge in [-0.3, -0.25) is 0 Å². The summed E-state index contributed by atoms with van der Waals surface area (Å²) in [5.74, 6) is -0.395. The highest BCUT2D eigenvalue weighted by Gasteiger charge is 2.12. The molecule has 19 heavy (non-hydrogen) atoms. The lowest BCUT2D eigenvalue weighted by molar-refractivity contribution is 0.0694.